The summed E-state index contributed by atoms with van der Waals surface area (Å²) in [5.41, 5.74) is -0.855. The summed E-state index contributed by atoms with van der Waals surface area (Å²) in [6.45, 7) is 8.95. The number of likely N-dealkylation sites (N-methyl/N-ethyl adjacent to an activating group) is 1. The second kappa shape index (κ2) is 4.94. The van der Waals surface area contributed by atoms with Crippen molar-refractivity contribution < 1.29 is 9.90 Å². The van der Waals surface area contributed by atoms with Crippen molar-refractivity contribution >= 4 is 5.91 Å². The molecule has 17 heavy (non-hydrogen) atoms. The minimum atomic E-state index is -0.844. The van der Waals surface area contributed by atoms with Gasteiger partial charge in [0.2, 0.25) is 5.91 Å². The number of hydrogen-bond acceptors (Lipinski definition) is 3. The molecule has 4 heteroatoms. The van der Waals surface area contributed by atoms with Crippen molar-refractivity contribution in [3.63, 3.8) is 0 Å². The first-order chi connectivity index (χ1) is 7.63. The molecule has 4 nitrogen and oxygen atoms in total. The fraction of sp³-hybridized carbons (Fsp3) is 0.923. The molecule has 0 bridgehead atoms. The molecule has 1 aliphatic heterocycles. The average Bonchev–Trinajstić information content (AvgIpc) is 2.13. The molecule has 2 N–H and O–H groups in total. The molecule has 0 aliphatic carbocycles. The van der Waals surface area contributed by atoms with E-state index in [1.54, 1.807) is 25.8 Å². The van der Waals surface area contributed by atoms with Crippen molar-refractivity contribution in [2.24, 2.45) is 5.41 Å². The number of nitrogens with zero attached hydrogens (tertiary/aromatic N) is 1. The van der Waals surface area contributed by atoms with Gasteiger partial charge in [-0.25, -0.2) is 0 Å². The highest BCUT2D eigenvalue weighted by Crippen LogP contribution is 2.31. The molecule has 0 saturated carbocycles. The Kier molecular flexibility index (Phi) is 4.20. The van der Waals surface area contributed by atoms with Crippen LogP contribution in [-0.4, -0.2) is 47.7 Å². The Hall–Kier alpha value is -0.610. The van der Waals surface area contributed by atoms with Gasteiger partial charge < -0.3 is 15.3 Å². The quantitative estimate of drug-likeness (QED) is 0.776. The molecule has 0 spiro atoms. The van der Waals surface area contributed by atoms with Crippen LogP contribution in [-0.2, 0) is 4.79 Å². The van der Waals surface area contributed by atoms with Crippen LogP contribution in [0.1, 0.15) is 40.5 Å². The topological polar surface area (TPSA) is 52.6 Å². The van der Waals surface area contributed by atoms with Crippen LogP contribution >= 0.6 is 0 Å². The van der Waals surface area contributed by atoms with Crippen molar-refractivity contribution in [3.8, 4) is 0 Å². The molecule has 1 unspecified atom stereocenters. The number of aliphatic hydroxyl groups is 1. The van der Waals surface area contributed by atoms with E-state index >= 15 is 0 Å². The maximum Gasteiger partial charge on any atom is 0.240 e. The first kappa shape index (κ1) is 14.5. The van der Waals surface area contributed by atoms with Gasteiger partial charge in [-0.3, -0.25) is 4.79 Å². The van der Waals surface area contributed by atoms with Crippen molar-refractivity contribution in [2.45, 2.75) is 52.2 Å². The van der Waals surface area contributed by atoms with E-state index in [0.29, 0.717) is 6.54 Å². The molecule has 100 valence electrons. The highest BCUT2D eigenvalue weighted by molar-refractivity contribution is 5.82. The first-order valence-corrected chi connectivity index (χ1v) is 6.34. The van der Waals surface area contributed by atoms with Crippen molar-refractivity contribution in [1.29, 1.82) is 0 Å². The molecule has 1 heterocycles. The molecule has 1 atom stereocenters. The van der Waals surface area contributed by atoms with Crippen LogP contribution in [0.3, 0.4) is 0 Å². The lowest BCUT2D eigenvalue weighted by molar-refractivity contribution is -0.138. The molecule has 1 amide bonds. The third-order valence-electron chi connectivity index (χ3n) is 3.38. The van der Waals surface area contributed by atoms with E-state index in [1.165, 1.54) is 0 Å². The Balaban J connectivity index is 2.68. The molecule has 0 aromatic carbocycles. The maximum atomic E-state index is 12.3. The van der Waals surface area contributed by atoms with Crippen LogP contribution in [0.4, 0.5) is 0 Å². The Morgan fingerprint density at radius 1 is 1.53 bits per heavy atom. The number of piperidine rings is 1. The molecule has 0 radical (unpaired) electrons. The Morgan fingerprint density at radius 3 is 2.59 bits per heavy atom. The second-order valence-electron chi connectivity index (χ2n) is 6.49. The van der Waals surface area contributed by atoms with Crippen molar-refractivity contribution in [3.05, 3.63) is 0 Å². The summed E-state index contributed by atoms with van der Waals surface area (Å²) >= 11 is 0. The smallest absolute Gasteiger partial charge is 0.240 e. The lowest BCUT2D eigenvalue weighted by atomic mass is 9.77. The number of hydrogen-bond donors (Lipinski definition) is 2. The van der Waals surface area contributed by atoms with E-state index in [9.17, 15) is 9.90 Å². The summed E-state index contributed by atoms with van der Waals surface area (Å²) in [7, 11) is 1.76. The van der Waals surface area contributed by atoms with E-state index in [1.807, 2.05) is 0 Å². The van der Waals surface area contributed by atoms with Crippen LogP contribution in [0.25, 0.3) is 0 Å². The fourth-order valence-electron chi connectivity index (χ4n) is 2.51. The third-order valence-corrected chi connectivity index (χ3v) is 3.38. The van der Waals surface area contributed by atoms with Gasteiger partial charge in [0.25, 0.3) is 0 Å². The SMILES string of the molecule is CN(CC(C)(C)O)C(=O)C1NCCCC1(C)C. The molecular weight excluding hydrogens is 216 g/mol. The van der Waals surface area contributed by atoms with Crippen LogP contribution in [0.15, 0.2) is 0 Å². The molecule has 1 fully saturated rings. The predicted octanol–water partition coefficient (Wildman–Crippen LogP) is 0.994. The highest BCUT2D eigenvalue weighted by atomic mass is 16.3. The fourth-order valence-corrected chi connectivity index (χ4v) is 2.51. The summed E-state index contributed by atoms with van der Waals surface area (Å²) in [4.78, 5) is 14.0. The lowest BCUT2D eigenvalue weighted by Crippen LogP contribution is -2.57. The monoisotopic (exact) mass is 242 g/mol. The minimum absolute atomic E-state index is 0.0107. The molecule has 1 aliphatic rings. The van der Waals surface area contributed by atoms with Crippen LogP contribution < -0.4 is 5.32 Å². The molecular formula is C13H26N2O2. The summed E-state index contributed by atoms with van der Waals surface area (Å²) in [6.07, 6.45) is 2.18. The van der Waals surface area contributed by atoms with E-state index in [0.717, 1.165) is 19.4 Å². The Bertz CT molecular complexity index is 282. The largest absolute Gasteiger partial charge is 0.389 e. The predicted molar refractivity (Wildman–Crippen MR) is 68.7 cm³/mol. The number of carbonyl (C=O) groups is 1. The van der Waals surface area contributed by atoms with Crippen LogP contribution in [0.5, 0.6) is 0 Å². The minimum Gasteiger partial charge on any atom is -0.389 e. The van der Waals surface area contributed by atoms with Crippen LogP contribution in [0, 0.1) is 5.41 Å². The summed E-state index contributed by atoms with van der Waals surface area (Å²) in [6, 6.07) is -0.136. The zero-order chi connectivity index (χ0) is 13.3. The van der Waals surface area contributed by atoms with Gasteiger partial charge in [0.1, 0.15) is 0 Å². The number of nitrogens with one attached hydrogen (secondary N) is 1. The number of rotatable bonds is 3. The average molecular weight is 242 g/mol. The van der Waals surface area contributed by atoms with Gasteiger partial charge in [0, 0.05) is 13.6 Å². The van der Waals surface area contributed by atoms with Gasteiger partial charge in [0.15, 0.2) is 0 Å². The van der Waals surface area contributed by atoms with Crippen LogP contribution in [0.2, 0.25) is 0 Å². The number of carbonyl (C=O) groups excluding carboxylic acids is 1. The standard InChI is InChI=1S/C13H26N2O2/c1-12(2)7-6-8-14-10(12)11(16)15(5)9-13(3,4)17/h10,14,17H,6-9H2,1-5H3. The Morgan fingerprint density at radius 2 is 2.12 bits per heavy atom. The third kappa shape index (κ3) is 3.96. The molecule has 0 aromatic heterocycles. The summed E-state index contributed by atoms with van der Waals surface area (Å²) in [5, 5.41) is 13.1. The summed E-state index contributed by atoms with van der Waals surface area (Å²) < 4.78 is 0. The van der Waals surface area contributed by atoms with Gasteiger partial charge in [0.05, 0.1) is 11.6 Å². The van der Waals surface area contributed by atoms with E-state index in [2.05, 4.69) is 19.2 Å². The van der Waals surface area contributed by atoms with Gasteiger partial charge in [-0.05, 0) is 38.6 Å². The van der Waals surface area contributed by atoms with E-state index < -0.39 is 5.60 Å². The zero-order valence-corrected chi connectivity index (χ0v) is 11.7. The maximum absolute atomic E-state index is 12.3. The molecule has 1 rings (SSSR count). The van der Waals surface area contributed by atoms with E-state index in [4.69, 9.17) is 0 Å². The second-order valence-corrected chi connectivity index (χ2v) is 6.49. The van der Waals surface area contributed by atoms with Crippen molar-refractivity contribution in [2.75, 3.05) is 20.1 Å². The summed E-state index contributed by atoms with van der Waals surface area (Å²) in [5.74, 6) is 0.0804. The normalized spacial score (nSPS) is 24.5. The highest BCUT2D eigenvalue weighted by Gasteiger charge is 2.39. The van der Waals surface area contributed by atoms with Gasteiger partial charge in [-0.2, -0.15) is 0 Å². The first-order valence-electron chi connectivity index (χ1n) is 6.34. The Labute approximate surface area is 104 Å². The lowest BCUT2D eigenvalue weighted by Gasteiger charge is -2.40. The molecule has 1 saturated heterocycles. The van der Waals surface area contributed by atoms with Gasteiger partial charge in [-0.1, -0.05) is 13.8 Å². The number of amides is 1. The van der Waals surface area contributed by atoms with Gasteiger partial charge in [-0.15, -0.1) is 0 Å². The zero-order valence-electron chi connectivity index (χ0n) is 11.7. The van der Waals surface area contributed by atoms with E-state index in [-0.39, 0.29) is 17.4 Å². The molecule has 0 aromatic rings. The van der Waals surface area contributed by atoms with Gasteiger partial charge >= 0.3 is 0 Å². The van der Waals surface area contributed by atoms with Crippen molar-refractivity contribution in [1.82, 2.24) is 10.2 Å².